The molecule has 0 heterocycles. The van der Waals surface area contributed by atoms with Crippen LogP contribution in [0.1, 0.15) is 39.0 Å². The lowest BCUT2D eigenvalue weighted by Crippen LogP contribution is -1.93. The molecule has 0 aromatic carbocycles. The molecule has 4 heteroatoms. The Balaban J connectivity index is 2.85. The first-order valence-corrected chi connectivity index (χ1v) is 5.14. The zero-order valence-corrected chi connectivity index (χ0v) is 7.81. The highest BCUT2D eigenvalue weighted by molar-refractivity contribution is 7.30. The summed E-state index contributed by atoms with van der Waals surface area (Å²) in [6.45, 7) is 2.49. The smallest absolute Gasteiger partial charge is 0.488 e. The summed E-state index contributed by atoms with van der Waals surface area (Å²) < 4.78 is 14.3. The minimum Gasteiger partial charge on any atom is -0.566 e. The SMILES string of the molecule is CCCCCCCO[P+](=O)[O-]. The first-order chi connectivity index (χ1) is 5.27. The van der Waals surface area contributed by atoms with Crippen molar-refractivity contribution in [3.63, 3.8) is 0 Å². The van der Waals surface area contributed by atoms with Crippen LogP contribution in [-0.2, 0) is 9.09 Å². The Morgan fingerprint density at radius 1 is 1.27 bits per heavy atom. The van der Waals surface area contributed by atoms with E-state index in [0.29, 0.717) is 6.61 Å². The van der Waals surface area contributed by atoms with Crippen LogP contribution in [0, 0.1) is 0 Å². The summed E-state index contributed by atoms with van der Waals surface area (Å²) in [7, 11) is -2.62. The largest absolute Gasteiger partial charge is 0.566 e. The normalized spacial score (nSPS) is 11.6. The van der Waals surface area contributed by atoms with Crippen molar-refractivity contribution in [2.45, 2.75) is 39.0 Å². The van der Waals surface area contributed by atoms with E-state index in [1.54, 1.807) is 0 Å². The highest BCUT2D eigenvalue weighted by atomic mass is 31.1. The summed E-state index contributed by atoms with van der Waals surface area (Å²) in [6, 6.07) is 0. The van der Waals surface area contributed by atoms with Crippen LogP contribution >= 0.6 is 8.25 Å². The van der Waals surface area contributed by atoms with Gasteiger partial charge in [-0.3, -0.25) is 0 Å². The van der Waals surface area contributed by atoms with Crippen LogP contribution in [0.4, 0.5) is 0 Å². The average Bonchev–Trinajstić information content (AvgIpc) is 1.96. The van der Waals surface area contributed by atoms with Gasteiger partial charge in [-0.1, -0.05) is 32.6 Å². The van der Waals surface area contributed by atoms with Crippen molar-refractivity contribution >= 4 is 8.25 Å². The van der Waals surface area contributed by atoms with E-state index >= 15 is 0 Å². The lowest BCUT2D eigenvalue weighted by Gasteiger charge is -1.95. The summed E-state index contributed by atoms with van der Waals surface area (Å²) in [6.07, 6.45) is 5.52. The predicted molar refractivity (Wildman–Crippen MR) is 42.3 cm³/mol. The maximum atomic E-state index is 9.90. The summed E-state index contributed by atoms with van der Waals surface area (Å²) >= 11 is 0. The Hall–Kier alpha value is 0.0200. The summed E-state index contributed by atoms with van der Waals surface area (Å²) in [4.78, 5) is 9.90. The minimum absolute atomic E-state index is 0.350. The molecule has 66 valence electrons. The van der Waals surface area contributed by atoms with Gasteiger partial charge in [0.2, 0.25) is 0 Å². The molecule has 0 aromatic heterocycles. The van der Waals surface area contributed by atoms with Crippen LogP contribution < -0.4 is 4.89 Å². The van der Waals surface area contributed by atoms with E-state index in [1.165, 1.54) is 19.3 Å². The Kier molecular flexibility index (Phi) is 8.13. The molecule has 0 aliphatic carbocycles. The fourth-order valence-electron chi connectivity index (χ4n) is 0.845. The molecule has 0 aromatic rings. The van der Waals surface area contributed by atoms with Crippen molar-refractivity contribution in [3.05, 3.63) is 0 Å². The van der Waals surface area contributed by atoms with Crippen LogP contribution in [0.5, 0.6) is 0 Å². The van der Waals surface area contributed by atoms with Crippen molar-refractivity contribution in [1.82, 2.24) is 0 Å². The van der Waals surface area contributed by atoms with E-state index in [9.17, 15) is 9.46 Å². The second kappa shape index (κ2) is 8.12. The van der Waals surface area contributed by atoms with Crippen molar-refractivity contribution in [2.75, 3.05) is 6.61 Å². The molecule has 3 nitrogen and oxygen atoms in total. The lowest BCUT2D eigenvalue weighted by atomic mass is 10.2. The molecule has 0 spiro atoms. The van der Waals surface area contributed by atoms with Gasteiger partial charge in [0.25, 0.3) is 0 Å². The first-order valence-electron chi connectivity index (χ1n) is 4.04. The third kappa shape index (κ3) is 10.0. The average molecular weight is 178 g/mol. The molecular formula is C7H15O3P. The molecule has 0 saturated heterocycles. The number of rotatable bonds is 7. The van der Waals surface area contributed by atoms with Crippen LogP contribution in [0.3, 0.4) is 0 Å². The summed E-state index contributed by atoms with van der Waals surface area (Å²) in [5.41, 5.74) is 0. The second-order valence-electron chi connectivity index (χ2n) is 2.47. The van der Waals surface area contributed by atoms with E-state index in [-0.39, 0.29) is 0 Å². The highest BCUT2D eigenvalue weighted by Gasteiger charge is 1.98. The summed E-state index contributed by atoms with van der Waals surface area (Å²) in [5.74, 6) is 0. The van der Waals surface area contributed by atoms with Crippen molar-refractivity contribution in [1.29, 1.82) is 0 Å². The lowest BCUT2D eigenvalue weighted by molar-refractivity contribution is -0.185. The van der Waals surface area contributed by atoms with Gasteiger partial charge in [-0.2, -0.15) is 0 Å². The molecule has 0 rings (SSSR count). The topological polar surface area (TPSA) is 49.4 Å². The molecule has 0 aliphatic heterocycles. The van der Waals surface area contributed by atoms with Crippen molar-refractivity contribution < 1.29 is 14.0 Å². The Morgan fingerprint density at radius 2 is 1.91 bits per heavy atom. The van der Waals surface area contributed by atoms with Gasteiger partial charge in [-0.05, 0) is 11.0 Å². The molecular weight excluding hydrogens is 163 g/mol. The number of hydrogen-bond donors (Lipinski definition) is 0. The third-order valence-corrected chi connectivity index (χ3v) is 1.84. The van der Waals surface area contributed by atoms with Gasteiger partial charge in [0, 0.05) is 0 Å². The minimum atomic E-state index is -2.62. The van der Waals surface area contributed by atoms with Crippen LogP contribution in [0.15, 0.2) is 0 Å². The Labute approximate surface area is 68.7 Å². The fraction of sp³-hybridized carbons (Fsp3) is 1.00. The summed E-state index contributed by atoms with van der Waals surface area (Å²) in [5, 5.41) is 0. The third-order valence-electron chi connectivity index (χ3n) is 1.44. The molecule has 0 aliphatic rings. The standard InChI is InChI=1S/C7H15O3P/c1-2-3-4-5-6-7-10-11(8)9/h2-7H2,1H3. The zero-order valence-electron chi connectivity index (χ0n) is 6.91. The van der Waals surface area contributed by atoms with Gasteiger partial charge in [0.1, 0.15) is 6.61 Å². The maximum Gasteiger partial charge on any atom is 0.488 e. The zero-order chi connectivity index (χ0) is 8.53. The molecule has 0 amide bonds. The van der Waals surface area contributed by atoms with E-state index in [4.69, 9.17) is 0 Å². The van der Waals surface area contributed by atoms with Gasteiger partial charge in [0.15, 0.2) is 0 Å². The molecule has 0 bridgehead atoms. The van der Waals surface area contributed by atoms with E-state index < -0.39 is 8.25 Å². The second-order valence-corrected chi connectivity index (χ2v) is 3.18. The molecule has 0 fully saturated rings. The Bertz CT molecular complexity index is 106. The fourth-order valence-corrected chi connectivity index (χ4v) is 1.12. The van der Waals surface area contributed by atoms with Gasteiger partial charge in [0.05, 0.1) is 0 Å². The van der Waals surface area contributed by atoms with Crippen LogP contribution in [0.2, 0.25) is 0 Å². The molecule has 0 radical (unpaired) electrons. The molecule has 11 heavy (non-hydrogen) atoms. The molecule has 1 atom stereocenters. The van der Waals surface area contributed by atoms with Crippen LogP contribution in [-0.4, -0.2) is 6.61 Å². The highest BCUT2D eigenvalue weighted by Crippen LogP contribution is 2.10. The van der Waals surface area contributed by atoms with Crippen molar-refractivity contribution in [3.8, 4) is 0 Å². The maximum absolute atomic E-state index is 9.90. The van der Waals surface area contributed by atoms with Crippen molar-refractivity contribution in [2.24, 2.45) is 0 Å². The molecule has 0 saturated carbocycles. The monoisotopic (exact) mass is 178 g/mol. The van der Waals surface area contributed by atoms with Gasteiger partial charge < -0.3 is 4.89 Å². The number of unbranched alkanes of at least 4 members (excludes halogenated alkanes) is 4. The predicted octanol–water partition coefficient (Wildman–Crippen LogP) is 1.99. The number of hydrogen-bond acceptors (Lipinski definition) is 3. The van der Waals surface area contributed by atoms with E-state index in [1.807, 2.05) is 0 Å². The molecule has 1 unspecified atom stereocenters. The Morgan fingerprint density at radius 3 is 2.45 bits per heavy atom. The van der Waals surface area contributed by atoms with E-state index in [2.05, 4.69) is 11.4 Å². The quantitative estimate of drug-likeness (QED) is 0.442. The van der Waals surface area contributed by atoms with Gasteiger partial charge in [-0.25, -0.2) is 0 Å². The first kappa shape index (κ1) is 11.0. The van der Waals surface area contributed by atoms with Crippen LogP contribution in [0.25, 0.3) is 0 Å². The van der Waals surface area contributed by atoms with Gasteiger partial charge in [-0.15, -0.1) is 4.52 Å². The molecule has 0 N–H and O–H groups in total. The van der Waals surface area contributed by atoms with E-state index in [0.717, 1.165) is 12.8 Å². The van der Waals surface area contributed by atoms with Gasteiger partial charge >= 0.3 is 8.25 Å².